The average molecular weight is 268 g/mol. The molecule has 0 unspecified atom stereocenters. The molecular formula is C16H16N2O2. The van der Waals surface area contributed by atoms with Crippen LogP contribution in [0.4, 0.5) is 0 Å². The second-order valence-corrected chi connectivity index (χ2v) is 4.85. The summed E-state index contributed by atoms with van der Waals surface area (Å²) in [6.45, 7) is 1.25. The summed E-state index contributed by atoms with van der Waals surface area (Å²) in [7, 11) is 1.62. The Kier molecular flexibility index (Phi) is 3.37. The number of amides is 1. The van der Waals surface area contributed by atoms with Crippen molar-refractivity contribution in [2.75, 3.05) is 7.11 Å². The van der Waals surface area contributed by atoms with Crippen molar-refractivity contribution in [3.05, 3.63) is 59.4 Å². The van der Waals surface area contributed by atoms with Crippen molar-refractivity contribution < 1.29 is 9.53 Å². The Morgan fingerprint density at radius 3 is 2.90 bits per heavy atom. The molecule has 102 valence electrons. The van der Waals surface area contributed by atoms with Crippen LogP contribution in [0.3, 0.4) is 0 Å². The summed E-state index contributed by atoms with van der Waals surface area (Å²) in [5.74, 6) is 0.864. The molecule has 1 amide bonds. The van der Waals surface area contributed by atoms with E-state index >= 15 is 0 Å². The SMILES string of the molecule is COc1ccccc1CC(=O)N1Cc2cccnc2C1. The summed E-state index contributed by atoms with van der Waals surface area (Å²) in [4.78, 5) is 18.5. The van der Waals surface area contributed by atoms with Crippen LogP contribution >= 0.6 is 0 Å². The molecule has 0 aliphatic carbocycles. The van der Waals surface area contributed by atoms with Crippen molar-refractivity contribution in [2.45, 2.75) is 19.5 Å². The maximum absolute atomic E-state index is 12.4. The second kappa shape index (κ2) is 5.33. The van der Waals surface area contributed by atoms with Crippen molar-refractivity contribution in [2.24, 2.45) is 0 Å². The molecule has 0 atom stereocenters. The zero-order chi connectivity index (χ0) is 13.9. The van der Waals surface area contributed by atoms with Gasteiger partial charge in [0.1, 0.15) is 5.75 Å². The monoisotopic (exact) mass is 268 g/mol. The molecule has 2 aromatic rings. The molecule has 0 fully saturated rings. The Labute approximate surface area is 118 Å². The number of para-hydroxylation sites is 1. The molecule has 1 aromatic heterocycles. The highest BCUT2D eigenvalue weighted by Gasteiger charge is 2.24. The third-order valence-electron chi connectivity index (χ3n) is 3.57. The summed E-state index contributed by atoms with van der Waals surface area (Å²) in [6, 6.07) is 11.6. The van der Waals surface area contributed by atoms with Gasteiger partial charge in [-0.15, -0.1) is 0 Å². The van der Waals surface area contributed by atoms with E-state index < -0.39 is 0 Å². The molecular weight excluding hydrogens is 252 g/mol. The Balaban J connectivity index is 1.72. The van der Waals surface area contributed by atoms with Gasteiger partial charge in [0.2, 0.25) is 5.91 Å². The Bertz CT molecular complexity index is 615. The van der Waals surface area contributed by atoms with E-state index in [1.807, 2.05) is 41.3 Å². The third kappa shape index (κ3) is 2.37. The van der Waals surface area contributed by atoms with Gasteiger partial charge in [-0.2, -0.15) is 0 Å². The zero-order valence-electron chi connectivity index (χ0n) is 11.4. The lowest BCUT2D eigenvalue weighted by atomic mass is 10.1. The van der Waals surface area contributed by atoms with Crippen LogP contribution in [0, 0.1) is 0 Å². The quantitative estimate of drug-likeness (QED) is 0.857. The largest absolute Gasteiger partial charge is 0.496 e. The van der Waals surface area contributed by atoms with E-state index in [2.05, 4.69) is 4.98 Å². The fourth-order valence-electron chi connectivity index (χ4n) is 2.50. The molecule has 1 aliphatic rings. The van der Waals surface area contributed by atoms with E-state index in [1.165, 1.54) is 0 Å². The lowest BCUT2D eigenvalue weighted by Gasteiger charge is -2.16. The number of rotatable bonds is 3. The van der Waals surface area contributed by atoms with E-state index in [1.54, 1.807) is 13.3 Å². The highest BCUT2D eigenvalue weighted by molar-refractivity contribution is 5.80. The van der Waals surface area contributed by atoms with Crippen molar-refractivity contribution in [3.63, 3.8) is 0 Å². The molecule has 0 spiro atoms. The molecule has 1 aromatic carbocycles. The lowest BCUT2D eigenvalue weighted by molar-refractivity contribution is -0.131. The predicted molar refractivity (Wildman–Crippen MR) is 75.2 cm³/mol. The van der Waals surface area contributed by atoms with E-state index in [0.29, 0.717) is 19.5 Å². The van der Waals surface area contributed by atoms with E-state index in [0.717, 1.165) is 22.6 Å². The fourth-order valence-corrected chi connectivity index (χ4v) is 2.50. The highest BCUT2D eigenvalue weighted by Crippen LogP contribution is 2.23. The molecule has 0 radical (unpaired) electrons. The number of hydrogen-bond donors (Lipinski definition) is 0. The Morgan fingerprint density at radius 2 is 2.10 bits per heavy atom. The fraction of sp³-hybridized carbons (Fsp3) is 0.250. The van der Waals surface area contributed by atoms with Gasteiger partial charge in [0.25, 0.3) is 0 Å². The van der Waals surface area contributed by atoms with Gasteiger partial charge in [0.05, 0.1) is 25.8 Å². The number of benzene rings is 1. The maximum Gasteiger partial charge on any atom is 0.227 e. The van der Waals surface area contributed by atoms with Crippen LogP contribution in [0.5, 0.6) is 5.75 Å². The van der Waals surface area contributed by atoms with Gasteiger partial charge in [-0.1, -0.05) is 24.3 Å². The molecule has 0 N–H and O–H groups in total. The molecule has 20 heavy (non-hydrogen) atoms. The number of aromatic nitrogens is 1. The van der Waals surface area contributed by atoms with Crippen LogP contribution in [0.25, 0.3) is 0 Å². The van der Waals surface area contributed by atoms with E-state index in [4.69, 9.17) is 4.74 Å². The third-order valence-corrected chi connectivity index (χ3v) is 3.57. The van der Waals surface area contributed by atoms with Crippen LogP contribution in [-0.4, -0.2) is 22.9 Å². The second-order valence-electron chi connectivity index (χ2n) is 4.85. The van der Waals surface area contributed by atoms with Crippen molar-refractivity contribution in [1.82, 2.24) is 9.88 Å². The average Bonchev–Trinajstić information content (AvgIpc) is 2.92. The minimum Gasteiger partial charge on any atom is -0.496 e. The van der Waals surface area contributed by atoms with Gasteiger partial charge in [-0.25, -0.2) is 0 Å². The zero-order valence-corrected chi connectivity index (χ0v) is 11.4. The Hall–Kier alpha value is -2.36. The predicted octanol–water partition coefficient (Wildman–Crippen LogP) is 2.18. The highest BCUT2D eigenvalue weighted by atomic mass is 16.5. The molecule has 3 rings (SSSR count). The minimum absolute atomic E-state index is 0.104. The van der Waals surface area contributed by atoms with Crippen LogP contribution in [0.1, 0.15) is 16.8 Å². The van der Waals surface area contributed by atoms with Gasteiger partial charge < -0.3 is 9.64 Å². The van der Waals surface area contributed by atoms with Gasteiger partial charge in [-0.3, -0.25) is 9.78 Å². The first-order valence-corrected chi connectivity index (χ1v) is 6.60. The summed E-state index contributed by atoms with van der Waals surface area (Å²) in [5.41, 5.74) is 3.06. The normalized spacial score (nSPS) is 13.2. The van der Waals surface area contributed by atoms with Crippen molar-refractivity contribution >= 4 is 5.91 Å². The van der Waals surface area contributed by atoms with Gasteiger partial charge >= 0.3 is 0 Å². The van der Waals surface area contributed by atoms with E-state index in [-0.39, 0.29) is 5.91 Å². The molecule has 1 aliphatic heterocycles. The van der Waals surface area contributed by atoms with Crippen molar-refractivity contribution in [3.8, 4) is 5.75 Å². The molecule has 0 saturated carbocycles. The lowest BCUT2D eigenvalue weighted by Crippen LogP contribution is -2.27. The van der Waals surface area contributed by atoms with Gasteiger partial charge in [-0.05, 0) is 17.7 Å². The number of carbonyl (C=O) groups excluding carboxylic acids is 1. The first kappa shape index (κ1) is 12.7. The number of methoxy groups -OCH3 is 1. The molecule has 4 nitrogen and oxygen atoms in total. The van der Waals surface area contributed by atoms with Gasteiger partial charge in [0, 0.05) is 18.3 Å². The Morgan fingerprint density at radius 1 is 1.25 bits per heavy atom. The summed E-state index contributed by atoms with van der Waals surface area (Å²) >= 11 is 0. The van der Waals surface area contributed by atoms with Crippen LogP contribution < -0.4 is 4.74 Å². The summed E-state index contributed by atoms with van der Waals surface area (Å²) in [6.07, 6.45) is 2.13. The summed E-state index contributed by atoms with van der Waals surface area (Å²) < 4.78 is 5.29. The first-order chi connectivity index (χ1) is 9.78. The number of hydrogen-bond acceptors (Lipinski definition) is 3. The van der Waals surface area contributed by atoms with Crippen LogP contribution in [-0.2, 0) is 24.3 Å². The number of pyridine rings is 1. The maximum atomic E-state index is 12.4. The number of ether oxygens (including phenoxy) is 1. The molecule has 4 heteroatoms. The van der Waals surface area contributed by atoms with Crippen LogP contribution in [0.2, 0.25) is 0 Å². The molecule has 0 bridgehead atoms. The van der Waals surface area contributed by atoms with Crippen LogP contribution in [0.15, 0.2) is 42.6 Å². The topological polar surface area (TPSA) is 42.4 Å². The minimum atomic E-state index is 0.104. The number of nitrogens with zero attached hydrogens (tertiary/aromatic N) is 2. The first-order valence-electron chi connectivity index (χ1n) is 6.60. The molecule has 2 heterocycles. The standard InChI is InChI=1S/C16H16N2O2/c1-20-15-7-3-2-5-12(15)9-16(19)18-10-13-6-4-8-17-14(13)11-18/h2-8H,9-11H2,1H3. The summed E-state index contributed by atoms with van der Waals surface area (Å²) in [5, 5.41) is 0. The van der Waals surface area contributed by atoms with E-state index in [9.17, 15) is 4.79 Å². The molecule has 0 saturated heterocycles. The smallest absolute Gasteiger partial charge is 0.227 e. The van der Waals surface area contributed by atoms with Crippen molar-refractivity contribution in [1.29, 1.82) is 0 Å². The van der Waals surface area contributed by atoms with Gasteiger partial charge in [0.15, 0.2) is 0 Å². The number of carbonyl (C=O) groups is 1. The number of fused-ring (bicyclic) bond motifs is 1.